The molecule has 2 aliphatic heterocycles. The van der Waals surface area contributed by atoms with Crippen LogP contribution in [0.25, 0.3) is 0 Å². The second-order valence-corrected chi connectivity index (χ2v) is 5.39. The number of amides is 1. The van der Waals surface area contributed by atoms with E-state index < -0.39 is 0 Å². The number of carbonyl (C=O) groups is 1. The molecule has 0 radical (unpaired) electrons. The molecule has 4 heteroatoms. The average molecular weight is 214 g/mol. The standard InChI is InChI=1S/C10H18N2OS/c1-2-8-7-12(5-6-14-8)10(13)9-3-4-11-9/h8-9,11H,2-7H2,1H3/t8?,9-/m1/s1. The first-order valence-corrected chi connectivity index (χ1v) is 6.50. The van der Waals surface area contributed by atoms with E-state index in [0.29, 0.717) is 11.2 Å². The van der Waals surface area contributed by atoms with Crippen LogP contribution < -0.4 is 5.32 Å². The molecule has 2 fully saturated rings. The Labute approximate surface area is 89.6 Å². The van der Waals surface area contributed by atoms with Crippen LogP contribution in [0, 0.1) is 0 Å². The topological polar surface area (TPSA) is 32.3 Å². The molecule has 0 aliphatic carbocycles. The lowest BCUT2D eigenvalue weighted by Crippen LogP contribution is -2.56. The zero-order chi connectivity index (χ0) is 9.97. The van der Waals surface area contributed by atoms with Crippen LogP contribution in [-0.2, 0) is 4.79 Å². The van der Waals surface area contributed by atoms with E-state index in [0.717, 1.165) is 31.8 Å². The van der Waals surface area contributed by atoms with E-state index in [2.05, 4.69) is 12.2 Å². The van der Waals surface area contributed by atoms with Gasteiger partial charge in [-0.25, -0.2) is 0 Å². The van der Waals surface area contributed by atoms with Crippen LogP contribution in [0.4, 0.5) is 0 Å². The second-order valence-electron chi connectivity index (χ2n) is 3.98. The Morgan fingerprint density at radius 3 is 3.00 bits per heavy atom. The van der Waals surface area contributed by atoms with Crippen molar-refractivity contribution in [1.82, 2.24) is 10.2 Å². The molecule has 0 bridgehead atoms. The molecule has 2 heterocycles. The highest BCUT2D eigenvalue weighted by Crippen LogP contribution is 2.22. The predicted molar refractivity (Wildman–Crippen MR) is 59.5 cm³/mol. The van der Waals surface area contributed by atoms with Gasteiger partial charge in [-0.2, -0.15) is 11.8 Å². The molecule has 1 N–H and O–H groups in total. The summed E-state index contributed by atoms with van der Waals surface area (Å²) >= 11 is 2.01. The van der Waals surface area contributed by atoms with Gasteiger partial charge < -0.3 is 10.2 Å². The van der Waals surface area contributed by atoms with Gasteiger partial charge in [0.2, 0.25) is 5.91 Å². The molecular weight excluding hydrogens is 196 g/mol. The summed E-state index contributed by atoms with van der Waals surface area (Å²) in [5.74, 6) is 1.44. The van der Waals surface area contributed by atoms with Crippen LogP contribution in [0.1, 0.15) is 19.8 Å². The quantitative estimate of drug-likeness (QED) is 0.734. The molecule has 2 rings (SSSR count). The van der Waals surface area contributed by atoms with Crippen molar-refractivity contribution in [2.45, 2.75) is 31.1 Å². The van der Waals surface area contributed by atoms with Crippen molar-refractivity contribution in [3.8, 4) is 0 Å². The van der Waals surface area contributed by atoms with Gasteiger partial charge >= 0.3 is 0 Å². The van der Waals surface area contributed by atoms with Gasteiger partial charge in [-0.1, -0.05) is 6.92 Å². The van der Waals surface area contributed by atoms with E-state index in [-0.39, 0.29) is 6.04 Å². The smallest absolute Gasteiger partial charge is 0.239 e. The maximum Gasteiger partial charge on any atom is 0.239 e. The molecule has 0 aromatic carbocycles. The molecule has 0 spiro atoms. The summed E-state index contributed by atoms with van der Waals surface area (Å²) in [7, 11) is 0. The van der Waals surface area contributed by atoms with E-state index in [1.165, 1.54) is 6.42 Å². The number of thioether (sulfide) groups is 1. The average Bonchev–Trinajstić information content (AvgIpc) is 2.15. The lowest BCUT2D eigenvalue weighted by molar-refractivity contribution is -0.135. The van der Waals surface area contributed by atoms with Crippen LogP contribution in [0.5, 0.6) is 0 Å². The third-order valence-corrected chi connectivity index (χ3v) is 4.40. The Bertz CT molecular complexity index is 218. The number of carbonyl (C=O) groups excluding carboxylic acids is 1. The number of nitrogens with one attached hydrogen (secondary N) is 1. The summed E-state index contributed by atoms with van der Waals surface area (Å²) in [6.45, 7) is 5.11. The van der Waals surface area contributed by atoms with Crippen molar-refractivity contribution in [2.24, 2.45) is 0 Å². The van der Waals surface area contributed by atoms with E-state index in [9.17, 15) is 4.79 Å². The number of rotatable bonds is 2. The van der Waals surface area contributed by atoms with Crippen LogP contribution in [-0.4, -0.2) is 47.5 Å². The van der Waals surface area contributed by atoms with E-state index in [1.807, 2.05) is 16.7 Å². The normalized spacial score (nSPS) is 32.5. The summed E-state index contributed by atoms with van der Waals surface area (Å²) in [5.41, 5.74) is 0. The van der Waals surface area contributed by atoms with Crippen molar-refractivity contribution in [3.05, 3.63) is 0 Å². The maximum absolute atomic E-state index is 11.9. The van der Waals surface area contributed by atoms with Gasteiger partial charge in [-0.15, -0.1) is 0 Å². The molecule has 2 saturated heterocycles. The number of hydrogen-bond donors (Lipinski definition) is 1. The molecular formula is C10H18N2OS. The fraction of sp³-hybridized carbons (Fsp3) is 0.900. The Morgan fingerprint density at radius 1 is 1.64 bits per heavy atom. The van der Waals surface area contributed by atoms with Crippen molar-refractivity contribution in [2.75, 3.05) is 25.4 Å². The van der Waals surface area contributed by atoms with Gasteiger partial charge in [0.05, 0.1) is 6.04 Å². The molecule has 3 nitrogen and oxygen atoms in total. The van der Waals surface area contributed by atoms with Gasteiger partial charge in [0.1, 0.15) is 0 Å². The van der Waals surface area contributed by atoms with Crippen molar-refractivity contribution >= 4 is 17.7 Å². The SMILES string of the molecule is CCC1CN(C(=O)[C@H]2CCN2)CCS1. The van der Waals surface area contributed by atoms with Crippen LogP contribution in [0.3, 0.4) is 0 Å². The van der Waals surface area contributed by atoms with Crippen molar-refractivity contribution < 1.29 is 4.79 Å². The molecule has 1 unspecified atom stereocenters. The molecule has 1 amide bonds. The highest BCUT2D eigenvalue weighted by Gasteiger charge is 2.31. The minimum absolute atomic E-state index is 0.135. The molecule has 14 heavy (non-hydrogen) atoms. The maximum atomic E-state index is 11.9. The zero-order valence-electron chi connectivity index (χ0n) is 8.66. The van der Waals surface area contributed by atoms with Gasteiger partial charge in [0.15, 0.2) is 0 Å². The van der Waals surface area contributed by atoms with Crippen LogP contribution >= 0.6 is 11.8 Å². The minimum Gasteiger partial charge on any atom is -0.339 e. The third-order valence-electron chi connectivity index (χ3n) is 3.03. The lowest BCUT2D eigenvalue weighted by atomic mass is 10.1. The molecule has 0 saturated carbocycles. The fourth-order valence-corrected chi connectivity index (χ4v) is 3.07. The third kappa shape index (κ3) is 2.06. The van der Waals surface area contributed by atoms with E-state index in [1.54, 1.807) is 0 Å². The first-order chi connectivity index (χ1) is 6.81. The van der Waals surface area contributed by atoms with Gasteiger partial charge in [0, 0.05) is 24.1 Å². The number of nitrogens with zero attached hydrogens (tertiary/aromatic N) is 1. The minimum atomic E-state index is 0.135. The summed E-state index contributed by atoms with van der Waals surface area (Å²) in [5, 5.41) is 3.84. The molecule has 2 aliphatic rings. The predicted octanol–water partition coefficient (Wildman–Crippen LogP) is 0.702. The van der Waals surface area contributed by atoms with Crippen LogP contribution in [0.2, 0.25) is 0 Å². The summed E-state index contributed by atoms with van der Waals surface area (Å²) in [6.07, 6.45) is 2.20. The summed E-state index contributed by atoms with van der Waals surface area (Å²) < 4.78 is 0. The Kier molecular flexibility index (Phi) is 3.34. The monoisotopic (exact) mass is 214 g/mol. The molecule has 0 aromatic heterocycles. The first kappa shape index (κ1) is 10.3. The zero-order valence-corrected chi connectivity index (χ0v) is 9.48. The molecule has 2 atom stereocenters. The van der Waals surface area contributed by atoms with Gasteiger partial charge in [0.25, 0.3) is 0 Å². The highest BCUT2D eigenvalue weighted by atomic mass is 32.2. The highest BCUT2D eigenvalue weighted by molar-refractivity contribution is 8.00. The second kappa shape index (κ2) is 4.53. The molecule has 0 aromatic rings. The Morgan fingerprint density at radius 2 is 2.43 bits per heavy atom. The van der Waals surface area contributed by atoms with Crippen LogP contribution in [0.15, 0.2) is 0 Å². The van der Waals surface area contributed by atoms with Crippen molar-refractivity contribution in [1.29, 1.82) is 0 Å². The van der Waals surface area contributed by atoms with E-state index >= 15 is 0 Å². The fourth-order valence-electron chi connectivity index (χ4n) is 1.89. The summed E-state index contributed by atoms with van der Waals surface area (Å²) in [4.78, 5) is 13.9. The van der Waals surface area contributed by atoms with E-state index in [4.69, 9.17) is 0 Å². The first-order valence-electron chi connectivity index (χ1n) is 5.45. The lowest BCUT2D eigenvalue weighted by Gasteiger charge is -2.37. The Hall–Kier alpha value is -0.220. The summed E-state index contributed by atoms with van der Waals surface area (Å²) in [6, 6.07) is 0.135. The van der Waals surface area contributed by atoms with Crippen molar-refractivity contribution in [3.63, 3.8) is 0 Å². The van der Waals surface area contributed by atoms with Gasteiger partial charge in [-0.05, 0) is 19.4 Å². The number of hydrogen-bond acceptors (Lipinski definition) is 3. The Balaban J connectivity index is 1.86. The van der Waals surface area contributed by atoms with Gasteiger partial charge in [-0.3, -0.25) is 4.79 Å². The largest absolute Gasteiger partial charge is 0.339 e. The molecule has 80 valence electrons.